The quantitative estimate of drug-likeness (QED) is 0.592. The van der Waals surface area contributed by atoms with Crippen LogP contribution in [0.15, 0.2) is 0 Å². The average Bonchev–Trinajstić information content (AvgIpc) is 2.08. The van der Waals surface area contributed by atoms with Crippen molar-refractivity contribution in [1.29, 1.82) is 0 Å². The molecule has 1 aliphatic heterocycles. The number of thioether (sulfide) groups is 1. The predicted octanol–water partition coefficient (Wildman–Crippen LogP) is 2.09. The van der Waals surface area contributed by atoms with Gasteiger partial charge in [0.25, 0.3) is 0 Å². The van der Waals surface area contributed by atoms with Crippen LogP contribution in [0.2, 0.25) is 0 Å². The van der Waals surface area contributed by atoms with Crippen molar-refractivity contribution >= 4 is 23.5 Å². The normalized spacial score (nSPS) is 30.0. The molecule has 0 N–H and O–H groups in total. The minimum atomic E-state index is -1.62. The van der Waals surface area contributed by atoms with Crippen LogP contribution in [-0.2, 0) is 4.79 Å². The summed E-state index contributed by atoms with van der Waals surface area (Å²) >= 11 is 1.52. The summed E-state index contributed by atoms with van der Waals surface area (Å²) in [5.74, 6) is 1.05. The topological polar surface area (TPSA) is 17.1 Å². The first-order chi connectivity index (χ1) is 4.77. The van der Waals surface area contributed by atoms with Crippen molar-refractivity contribution in [2.75, 3.05) is 32.4 Å². The van der Waals surface area contributed by atoms with Gasteiger partial charge in [0.15, 0.2) is 0 Å². The molecule has 0 bridgehead atoms. The van der Waals surface area contributed by atoms with E-state index < -0.39 is 6.60 Å². The number of hydrogen-bond donors (Lipinski definition) is 0. The van der Waals surface area contributed by atoms with Crippen LogP contribution in [0.1, 0.15) is 6.42 Å². The van der Waals surface area contributed by atoms with Gasteiger partial charge in [-0.15, -0.1) is 0 Å². The molecule has 0 spiro atoms. The van der Waals surface area contributed by atoms with Gasteiger partial charge in [-0.1, -0.05) is 0 Å². The van der Waals surface area contributed by atoms with E-state index in [2.05, 4.69) is 26.7 Å². The summed E-state index contributed by atoms with van der Waals surface area (Å²) < 4.78 is 0. The molecule has 0 aromatic carbocycles. The van der Waals surface area contributed by atoms with E-state index in [9.17, 15) is 4.79 Å². The second-order valence-electron chi connectivity index (χ2n) is 5.19. The molecule has 1 fully saturated rings. The summed E-state index contributed by atoms with van der Waals surface area (Å²) in [7, 11) is 0. The summed E-state index contributed by atoms with van der Waals surface area (Å²) in [6.45, 7) is 7.55. The summed E-state index contributed by atoms with van der Waals surface area (Å²) in [6.07, 6.45) is 1.11. The Morgan fingerprint density at radius 3 is 2.09 bits per heavy atom. The number of hydrogen-bond acceptors (Lipinski definition) is 2. The molecule has 1 rings (SSSR count). The van der Waals surface area contributed by atoms with Crippen molar-refractivity contribution in [3.8, 4) is 0 Å². The fourth-order valence-corrected chi connectivity index (χ4v) is 5.96. The van der Waals surface area contributed by atoms with Gasteiger partial charge in [0.2, 0.25) is 0 Å². The fourth-order valence-electron chi connectivity index (χ4n) is 1.42. The van der Waals surface area contributed by atoms with E-state index >= 15 is 0 Å². The molecule has 1 nitrogen and oxygen atoms in total. The van der Waals surface area contributed by atoms with Crippen LogP contribution in [-0.4, -0.2) is 43.2 Å². The monoisotopic (exact) mass is 192 g/mol. The van der Waals surface area contributed by atoms with E-state index in [0.29, 0.717) is 10.8 Å². The molecular formula is C8H17OPS. The van der Waals surface area contributed by atoms with Crippen molar-refractivity contribution in [2.24, 2.45) is 0 Å². The first-order valence-electron chi connectivity index (χ1n) is 3.94. The summed E-state index contributed by atoms with van der Waals surface area (Å²) in [5.41, 5.74) is 0.381. The molecule has 0 aromatic heterocycles. The minimum absolute atomic E-state index is 0.381. The van der Waals surface area contributed by atoms with Crippen molar-refractivity contribution in [3.63, 3.8) is 0 Å². The van der Waals surface area contributed by atoms with E-state index in [4.69, 9.17) is 0 Å². The maximum absolute atomic E-state index is 11.4. The fraction of sp³-hybridized carbons (Fsp3) is 0.875. The standard InChI is InChI=1S/C8H17OPS/c1-10(2,3,4)7-5-6-11-8(7)9/h7H,5-6H2,1-4H3. The molecule has 1 aliphatic rings. The van der Waals surface area contributed by atoms with Gasteiger partial charge in [0.1, 0.15) is 0 Å². The number of rotatable bonds is 1. The average molecular weight is 192 g/mol. The second-order valence-corrected chi connectivity index (χ2v) is 14.3. The SMILES string of the molecule is CP(C)(C)(C)C1CCSC1=O. The zero-order valence-corrected chi connectivity index (χ0v) is 9.47. The van der Waals surface area contributed by atoms with Crippen LogP contribution in [0.25, 0.3) is 0 Å². The molecule has 1 unspecified atom stereocenters. The molecule has 1 atom stereocenters. The Kier molecular flexibility index (Phi) is 2.14. The molecule has 1 heterocycles. The van der Waals surface area contributed by atoms with Gasteiger partial charge in [-0.25, -0.2) is 0 Å². The Bertz CT molecular complexity index is 183. The molecule has 11 heavy (non-hydrogen) atoms. The van der Waals surface area contributed by atoms with E-state index in [1.807, 2.05) is 0 Å². The Morgan fingerprint density at radius 2 is 1.91 bits per heavy atom. The first kappa shape index (κ1) is 9.54. The maximum atomic E-state index is 11.4. The van der Waals surface area contributed by atoms with Crippen LogP contribution in [0.3, 0.4) is 0 Å². The van der Waals surface area contributed by atoms with Crippen molar-refractivity contribution in [3.05, 3.63) is 0 Å². The molecule has 0 aliphatic carbocycles. The third kappa shape index (κ3) is 2.19. The zero-order chi connectivity index (χ0) is 8.72. The Labute approximate surface area is 73.2 Å². The van der Waals surface area contributed by atoms with Gasteiger partial charge in [0, 0.05) is 0 Å². The van der Waals surface area contributed by atoms with Crippen molar-refractivity contribution in [2.45, 2.75) is 12.1 Å². The molecule has 0 saturated carbocycles. The van der Waals surface area contributed by atoms with E-state index in [0.717, 1.165) is 12.2 Å². The molecule has 1 saturated heterocycles. The molecule has 0 aromatic rings. The summed E-state index contributed by atoms with van der Waals surface area (Å²) in [6, 6.07) is 0. The van der Waals surface area contributed by atoms with Crippen LogP contribution in [0.4, 0.5) is 0 Å². The van der Waals surface area contributed by atoms with Gasteiger partial charge in [-0.3, -0.25) is 0 Å². The van der Waals surface area contributed by atoms with Crippen LogP contribution in [0.5, 0.6) is 0 Å². The summed E-state index contributed by atoms with van der Waals surface area (Å²) in [5, 5.41) is 0.442. The van der Waals surface area contributed by atoms with Gasteiger partial charge in [0.05, 0.1) is 0 Å². The predicted molar refractivity (Wildman–Crippen MR) is 56.5 cm³/mol. The molecular weight excluding hydrogens is 175 g/mol. The zero-order valence-electron chi connectivity index (χ0n) is 7.76. The van der Waals surface area contributed by atoms with Gasteiger partial charge >= 0.3 is 72.8 Å². The molecule has 3 heteroatoms. The third-order valence-electron chi connectivity index (χ3n) is 2.15. The van der Waals surface area contributed by atoms with Gasteiger partial charge < -0.3 is 0 Å². The molecule has 0 amide bonds. The molecule has 0 radical (unpaired) electrons. The first-order valence-corrected chi connectivity index (χ1v) is 9.02. The Morgan fingerprint density at radius 1 is 1.36 bits per heavy atom. The van der Waals surface area contributed by atoms with Crippen molar-refractivity contribution in [1.82, 2.24) is 0 Å². The van der Waals surface area contributed by atoms with E-state index in [1.165, 1.54) is 11.8 Å². The van der Waals surface area contributed by atoms with Gasteiger partial charge in [-0.05, 0) is 0 Å². The summed E-state index contributed by atoms with van der Waals surface area (Å²) in [4.78, 5) is 11.4. The van der Waals surface area contributed by atoms with E-state index in [1.54, 1.807) is 0 Å². The number of carbonyl (C=O) groups is 1. The number of carbonyl (C=O) groups excluding carboxylic acids is 1. The van der Waals surface area contributed by atoms with Gasteiger partial charge in [-0.2, -0.15) is 0 Å². The van der Waals surface area contributed by atoms with Crippen LogP contribution < -0.4 is 0 Å². The van der Waals surface area contributed by atoms with Crippen molar-refractivity contribution < 1.29 is 4.79 Å². The third-order valence-corrected chi connectivity index (χ3v) is 6.32. The van der Waals surface area contributed by atoms with Crippen LogP contribution >= 0.6 is 18.4 Å². The second kappa shape index (κ2) is 2.47. The van der Waals surface area contributed by atoms with Crippen LogP contribution in [0, 0.1) is 0 Å². The Hall–Kier alpha value is 0.450. The molecule has 66 valence electrons. The van der Waals surface area contributed by atoms with E-state index in [-0.39, 0.29) is 0 Å². The Balaban J connectivity index is 2.83.